The van der Waals surface area contributed by atoms with Crippen molar-refractivity contribution in [2.24, 2.45) is 0 Å². The van der Waals surface area contributed by atoms with Crippen LogP contribution in [-0.4, -0.2) is 30.8 Å². The minimum atomic E-state index is -0.354. The summed E-state index contributed by atoms with van der Waals surface area (Å²) in [5, 5.41) is 12.6. The molecule has 4 heteroatoms. The molecule has 1 atom stereocenters. The third-order valence-corrected chi connectivity index (χ3v) is 3.48. The number of aliphatic hydroxyl groups excluding tert-OH is 1. The predicted molar refractivity (Wildman–Crippen MR) is 75.8 cm³/mol. The quantitative estimate of drug-likeness (QED) is 0.795. The maximum absolute atomic E-state index is 14.0. The highest BCUT2D eigenvalue weighted by Crippen LogP contribution is 2.22. The number of benzene rings is 1. The summed E-state index contributed by atoms with van der Waals surface area (Å²) in [6.07, 6.45) is 2.76. The van der Waals surface area contributed by atoms with Gasteiger partial charge in [0, 0.05) is 26.2 Å². The number of hydrogen-bond acceptors (Lipinski definition) is 3. The number of hydrogen-bond donors (Lipinski definition) is 2. The van der Waals surface area contributed by atoms with Crippen molar-refractivity contribution in [3.05, 3.63) is 29.6 Å². The first-order valence-corrected chi connectivity index (χ1v) is 6.97. The van der Waals surface area contributed by atoms with Crippen molar-refractivity contribution in [2.75, 3.05) is 18.5 Å². The Kier molecular flexibility index (Phi) is 4.77. The fourth-order valence-corrected chi connectivity index (χ4v) is 2.02. The predicted octanol–water partition coefficient (Wildman–Crippen LogP) is 2.28. The van der Waals surface area contributed by atoms with Gasteiger partial charge in [-0.1, -0.05) is 6.07 Å². The van der Waals surface area contributed by atoms with Crippen LogP contribution < -0.4 is 10.2 Å². The molecule has 0 radical (unpaired) electrons. The summed E-state index contributed by atoms with van der Waals surface area (Å²) in [6.45, 7) is 3.13. The second kappa shape index (κ2) is 6.35. The molecule has 0 spiro atoms. The smallest absolute Gasteiger partial charge is 0.146 e. The van der Waals surface area contributed by atoms with E-state index < -0.39 is 0 Å². The molecule has 1 aromatic carbocycles. The highest BCUT2D eigenvalue weighted by atomic mass is 19.1. The van der Waals surface area contributed by atoms with Gasteiger partial charge in [-0.25, -0.2) is 4.39 Å². The SMILES string of the molecule is CC(O)CCN(C)c1ccc(CNC2CC2)cc1F. The number of aliphatic hydroxyl groups is 1. The maximum atomic E-state index is 14.0. The van der Waals surface area contributed by atoms with Crippen molar-refractivity contribution < 1.29 is 9.50 Å². The van der Waals surface area contributed by atoms with Gasteiger partial charge in [0.05, 0.1) is 11.8 Å². The number of nitrogens with one attached hydrogen (secondary N) is 1. The van der Waals surface area contributed by atoms with Crippen molar-refractivity contribution in [1.29, 1.82) is 0 Å². The molecule has 2 N–H and O–H groups in total. The van der Waals surface area contributed by atoms with Gasteiger partial charge in [0.15, 0.2) is 0 Å². The van der Waals surface area contributed by atoms with Gasteiger partial charge in [-0.05, 0) is 43.9 Å². The van der Waals surface area contributed by atoms with Gasteiger partial charge in [-0.15, -0.1) is 0 Å². The average molecular weight is 266 g/mol. The summed E-state index contributed by atoms with van der Waals surface area (Å²) in [5.41, 5.74) is 1.58. The minimum absolute atomic E-state index is 0.191. The van der Waals surface area contributed by atoms with Gasteiger partial charge in [0.1, 0.15) is 5.82 Å². The highest BCUT2D eigenvalue weighted by molar-refractivity contribution is 5.48. The van der Waals surface area contributed by atoms with Gasteiger partial charge in [-0.2, -0.15) is 0 Å². The van der Waals surface area contributed by atoms with Crippen LogP contribution in [0.4, 0.5) is 10.1 Å². The van der Waals surface area contributed by atoms with E-state index in [4.69, 9.17) is 0 Å². The van der Waals surface area contributed by atoms with E-state index in [2.05, 4.69) is 5.32 Å². The van der Waals surface area contributed by atoms with Gasteiger partial charge >= 0.3 is 0 Å². The van der Waals surface area contributed by atoms with E-state index in [0.717, 1.165) is 12.1 Å². The van der Waals surface area contributed by atoms with Crippen molar-refractivity contribution in [3.63, 3.8) is 0 Å². The molecule has 19 heavy (non-hydrogen) atoms. The third-order valence-electron chi connectivity index (χ3n) is 3.48. The molecule has 1 aliphatic rings. The Morgan fingerprint density at radius 2 is 2.21 bits per heavy atom. The van der Waals surface area contributed by atoms with E-state index in [0.29, 0.717) is 24.7 Å². The van der Waals surface area contributed by atoms with Crippen LogP contribution in [0.25, 0.3) is 0 Å². The zero-order chi connectivity index (χ0) is 13.8. The lowest BCUT2D eigenvalue weighted by Crippen LogP contribution is -2.23. The van der Waals surface area contributed by atoms with Crippen LogP contribution in [0, 0.1) is 5.82 Å². The van der Waals surface area contributed by atoms with E-state index >= 15 is 0 Å². The van der Waals surface area contributed by atoms with Crippen molar-refractivity contribution in [3.8, 4) is 0 Å². The number of halogens is 1. The second-order valence-electron chi connectivity index (χ2n) is 5.50. The molecule has 0 amide bonds. The average Bonchev–Trinajstić information content (AvgIpc) is 3.17. The van der Waals surface area contributed by atoms with Crippen LogP contribution in [0.15, 0.2) is 18.2 Å². The standard InChI is InChI=1S/C15H23FN2O/c1-11(19)7-8-18(2)15-6-3-12(9-14(15)16)10-17-13-4-5-13/h3,6,9,11,13,17,19H,4-5,7-8,10H2,1-2H3. The lowest BCUT2D eigenvalue weighted by Gasteiger charge is -2.21. The molecule has 0 aromatic heterocycles. The van der Waals surface area contributed by atoms with Gasteiger partial charge < -0.3 is 15.3 Å². The Hall–Kier alpha value is -1.13. The summed E-state index contributed by atoms with van der Waals surface area (Å²) in [5.74, 6) is -0.191. The van der Waals surface area contributed by atoms with Gasteiger partial charge in [0.25, 0.3) is 0 Å². The van der Waals surface area contributed by atoms with E-state index in [-0.39, 0.29) is 11.9 Å². The Labute approximate surface area is 114 Å². The molecule has 0 aliphatic heterocycles. The van der Waals surface area contributed by atoms with Crippen molar-refractivity contribution in [2.45, 2.75) is 44.9 Å². The molecule has 1 aromatic rings. The summed E-state index contributed by atoms with van der Waals surface area (Å²) < 4.78 is 14.0. The van der Waals surface area contributed by atoms with Crippen molar-refractivity contribution in [1.82, 2.24) is 5.32 Å². The lowest BCUT2D eigenvalue weighted by molar-refractivity contribution is 0.187. The Bertz CT molecular complexity index is 419. The zero-order valence-electron chi connectivity index (χ0n) is 11.7. The molecule has 0 heterocycles. The van der Waals surface area contributed by atoms with Crippen LogP contribution in [0.3, 0.4) is 0 Å². The number of rotatable bonds is 7. The Balaban J connectivity index is 1.92. The first-order valence-electron chi connectivity index (χ1n) is 6.97. The molecule has 0 bridgehead atoms. The van der Waals surface area contributed by atoms with Gasteiger partial charge in [0.2, 0.25) is 0 Å². The molecule has 106 valence electrons. The number of nitrogens with zero attached hydrogens (tertiary/aromatic N) is 1. The fraction of sp³-hybridized carbons (Fsp3) is 0.600. The molecule has 2 rings (SSSR count). The number of anilines is 1. The maximum Gasteiger partial charge on any atom is 0.146 e. The van der Waals surface area contributed by atoms with E-state index in [1.165, 1.54) is 12.8 Å². The fourth-order valence-electron chi connectivity index (χ4n) is 2.02. The molecule has 3 nitrogen and oxygen atoms in total. The summed E-state index contributed by atoms with van der Waals surface area (Å²) in [7, 11) is 1.85. The topological polar surface area (TPSA) is 35.5 Å². The first-order chi connectivity index (χ1) is 9.06. The van der Waals surface area contributed by atoms with Gasteiger partial charge in [-0.3, -0.25) is 0 Å². The molecule has 1 aliphatic carbocycles. The monoisotopic (exact) mass is 266 g/mol. The van der Waals surface area contributed by atoms with E-state index in [9.17, 15) is 9.50 Å². The molecule has 0 saturated heterocycles. The minimum Gasteiger partial charge on any atom is -0.393 e. The van der Waals surface area contributed by atoms with Crippen LogP contribution in [-0.2, 0) is 6.54 Å². The van der Waals surface area contributed by atoms with Crippen LogP contribution in [0.5, 0.6) is 0 Å². The summed E-state index contributed by atoms with van der Waals surface area (Å²) in [4.78, 5) is 1.85. The lowest BCUT2D eigenvalue weighted by atomic mass is 10.1. The summed E-state index contributed by atoms with van der Waals surface area (Å²) in [6, 6.07) is 6.02. The first kappa shape index (κ1) is 14.3. The Morgan fingerprint density at radius 3 is 2.79 bits per heavy atom. The third kappa shape index (κ3) is 4.48. The molecule has 1 fully saturated rings. The molecule has 1 saturated carbocycles. The highest BCUT2D eigenvalue weighted by Gasteiger charge is 2.20. The molecular formula is C15H23FN2O. The molecule has 1 unspecified atom stereocenters. The van der Waals surface area contributed by atoms with E-state index in [1.807, 2.05) is 24.1 Å². The Morgan fingerprint density at radius 1 is 1.47 bits per heavy atom. The molecular weight excluding hydrogens is 243 g/mol. The van der Waals surface area contributed by atoms with Crippen LogP contribution >= 0.6 is 0 Å². The zero-order valence-corrected chi connectivity index (χ0v) is 11.7. The normalized spacial score (nSPS) is 16.4. The van der Waals surface area contributed by atoms with Crippen molar-refractivity contribution >= 4 is 5.69 Å². The second-order valence-corrected chi connectivity index (χ2v) is 5.50. The summed E-state index contributed by atoms with van der Waals surface area (Å²) >= 11 is 0. The van der Waals surface area contributed by atoms with E-state index in [1.54, 1.807) is 13.0 Å². The largest absolute Gasteiger partial charge is 0.393 e. The van der Waals surface area contributed by atoms with Crippen LogP contribution in [0.2, 0.25) is 0 Å². The van der Waals surface area contributed by atoms with Crippen LogP contribution in [0.1, 0.15) is 31.7 Å².